The van der Waals surface area contributed by atoms with Gasteiger partial charge in [-0.1, -0.05) is 18.2 Å². The minimum Gasteiger partial charge on any atom is -0.495 e. The van der Waals surface area contributed by atoms with E-state index in [0.717, 1.165) is 33.8 Å². The van der Waals surface area contributed by atoms with Crippen LogP contribution in [0.4, 0.5) is 0 Å². The highest BCUT2D eigenvalue weighted by Crippen LogP contribution is 2.27. The summed E-state index contributed by atoms with van der Waals surface area (Å²) >= 11 is 0. The van der Waals surface area contributed by atoms with Gasteiger partial charge < -0.3 is 13.6 Å². The Hall–Kier alpha value is -2.75. The Morgan fingerprint density at radius 1 is 1.10 bits per heavy atom. The summed E-state index contributed by atoms with van der Waals surface area (Å²) in [6.07, 6.45) is 3.84. The molecule has 0 N–H and O–H groups in total. The third-order valence-electron chi connectivity index (χ3n) is 3.34. The molecule has 0 aliphatic heterocycles. The Labute approximate surface area is 115 Å². The van der Waals surface area contributed by atoms with Crippen LogP contribution in [0.2, 0.25) is 0 Å². The van der Waals surface area contributed by atoms with Crippen molar-refractivity contribution >= 4 is 16.6 Å². The molecule has 4 nitrogen and oxygen atoms in total. The van der Waals surface area contributed by atoms with Crippen LogP contribution in [-0.2, 0) is 0 Å². The molecule has 98 valence electrons. The minimum absolute atomic E-state index is 0.772. The number of rotatable bonds is 2. The molecule has 0 saturated heterocycles. The van der Waals surface area contributed by atoms with Gasteiger partial charge in [0.05, 0.1) is 13.3 Å². The van der Waals surface area contributed by atoms with Crippen molar-refractivity contribution < 1.29 is 9.15 Å². The summed E-state index contributed by atoms with van der Waals surface area (Å²) in [6, 6.07) is 13.8. The number of hydrogen-bond donors (Lipinski definition) is 0. The number of fused-ring (bicyclic) bond motifs is 2. The zero-order valence-corrected chi connectivity index (χ0v) is 10.9. The molecule has 4 heteroatoms. The molecule has 0 aliphatic rings. The van der Waals surface area contributed by atoms with Crippen LogP contribution in [0, 0.1) is 0 Å². The lowest BCUT2D eigenvalue weighted by Gasteiger charge is -1.98. The third kappa shape index (κ3) is 1.66. The second kappa shape index (κ2) is 4.13. The first-order chi connectivity index (χ1) is 9.83. The van der Waals surface area contributed by atoms with Gasteiger partial charge in [0.15, 0.2) is 5.76 Å². The molecule has 0 fully saturated rings. The Morgan fingerprint density at radius 3 is 2.85 bits per heavy atom. The maximum absolute atomic E-state index is 5.83. The van der Waals surface area contributed by atoms with E-state index in [0.29, 0.717) is 0 Å². The molecule has 0 unspecified atom stereocenters. The van der Waals surface area contributed by atoms with E-state index in [-0.39, 0.29) is 0 Å². The van der Waals surface area contributed by atoms with Gasteiger partial charge in [0.1, 0.15) is 22.7 Å². The van der Waals surface area contributed by atoms with Crippen molar-refractivity contribution in [3.63, 3.8) is 0 Å². The van der Waals surface area contributed by atoms with Crippen molar-refractivity contribution in [3.8, 4) is 17.2 Å². The first kappa shape index (κ1) is 11.1. The van der Waals surface area contributed by atoms with Crippen LogP contribution in [0.1, 0.15) is 0 Å². The van der Waals surface area contributed by atoms with Crippen LogP contribution in [0.15, 0.2) is 59.3 Å². The number of furan rings is 1. The fourth-order valence-electron chi connectivity index (χ4n) is 2.32. The van der Waals surface area contributed by atoms with E-state index < -0.39 is 0 Å². The average molecular weight is 264 g/mol. The van der Waals surface area contributed by atoms with Crippen molar-refractivity contribution in [3.05, 3.63) is 54.9 Å². The summed E-state index contributed by atoms with van der Waals surface area (Å²) < 4.78 is 13.0. The molecule has 0 spiro atoms. The minimum atomic E-state index is 0.772. The molecular weight excluding hydrogens is 252 g/mol. The summed E-state index contributed by atoms with van der Waals surface area (Å²) in [5.74, 6) is 1.57. The number of para-hydroxylation sites is 1. The van der Waals surface area contributed by atoms with E-state index in [1.54, 1.807) is 7.11 Å². The number of methoxy groups -OCH3 is 1. The first-order valence-electron chi connectivity index (χ1n) is 6.35. The summed E-state index contributed by atoms with van der Waals surface area (Å²) in [5, 5.41) is 1.08. The van der Waals surface area contributed by atoms with Crippen molar-refractivity contribution in [2.45, 2.75) is 0 Å². The number of imidazole rings is 1. The number of nitrogens with zero attached hydrogens (tertiary/aromatic N) is 2. The Balaban J connectivity index is 1.88. The van der Waals surface area contributed by atoms with Gasteiger partial charge in [-0.3, -0.25) is 0 Å². The number of benzene rings is 1. The second-order valence-electron chi connectivity index (χ2n) is 4.61. The monoisotopic (exact) mass is 264 g/mol. The van der Waals surface area contributed by atoms with Gasteiger partial charge in [-0.25, -0.2) is 4.98 Å². The van der Waals surface area contributed by atoms with Crippen LogP contribution in [0.5, 0.6) is 5.75 Å². The Kier molecular flexibility index (Phi) is 2.29. The van der Waals surface area contributed by atoms with Gasteiger partial charge in [0.25, 0.3) is 0 Å². The first-order valence-corrected chi connectivity index (χ1v) is 6.35. The summed E-state index contributed by atoms with van der Waals surface area (Å²) in [5.41, 5.74) is 2.55. The van der Waals surface area contributed by atoms with E-state index in [4.69, 9.17) is 9.15 Å². The predicted octanol–water partition coefficient (Wildman–Crippen LogP) is 3.76. The zero-order chi connectivity index (χ0) is 13.5. The maximum Gasteiger partial charge on any atom is 0.155 e. The quantitative estimate of drug-likeness (QED) is 0.553. The average Bonchev–Trinajstić information content (AvgIpc) is 3.09. The molecule has 4 rings (SSSR count). The van der Waals surface area contributed by atoms with Crippen LogP contribution in [0.3, 0.4) is 0 Å². The fraction of sp³-hybridized carbons (Fsp3) is 0.0625. The highest BCUT2D eigenvalue weighted by Gasteiger charge is 2.10. The number of ether oxygens (including phenoxy) is 1. The SMILES string of the molecule is COc1ccc2nc(-c3cc4ccccc4o3)cn2c1. The van der Waals surface area contributed by atoms with Crippen LogP contribution in [-0.4, -0.2) is 16.5 Å². The van der Waals surface area contributed by atoms with Crippen molar-refractivity contribution in [1.82, 2.24) is 9.38 Å². The largest absolute Gasteiger partial charge is 0.495 e. The van der Waals surface area contributed by atoms with Crippen LogP contribution in [0.25, 0.3) is 28.1 Å². The normalized spacial score (nSPS) is 11.2. The van der Waals surface area contributed by atoms with E-state index in [9.17, 15) is 0 Å². The van der Waals surface area contributed by atoms with Gasteiger partial charge >= 0.3 is 0 Å². The lowest BCUT2D eigenvalue weighted by atomic mass is 10.2. The second-order valence-corrected chi connectivity index (χ2v) is 4.61. The topological polar surface area (TPSA) is 39.7 Å². The van der Waals surface area contributed by atoms with Gasteiger partial charge in [0, 0.05) is 11.6 Å². The molecule has 0 bridgehead atoms. The lowest BCUT2D eigenvalue weighted by molar-refractivity contribution is 0.412. The van der Waals surface area contributed by atoms with Crippen molar-refractivity contribution in [1.29, 1.82) is 0 Å². The van der Waals surface area contributed by atoms with Crippen LogP contribution < -0.4 is 4.74 Å². The van der Waals surface area contributed by atoms with E-state index in [1.165, 1.54) is 0 Å². The molecule has 0 amide bonds. The molecular formula is C16H12N2O2. The lowest BCUT2D eigenvalue weighted by Crippen LogP contribution is -1.86. The molecule has 0 atom stereocenters. The molecule has 0 aliphatic carbocycles. The highest BCUT2D eigenvalue weighted by atomic mass is 16.5. The number of pyridine rings is 1. The summed E-state index contributed by atoms with van der Waals surface area (Å²) in [6.45, 7) is 0. The van der Waals surface area contributed by atoms with Crippen molar-refractivity contribution in [2.24, 2.45) is 0 Å². The summed E-state index contributed by atoms with van der Waals surface area (Å²) in [4.78, 5) is 4.57. The smallest absolute Gasteiger partial charge is 0.155 e. The van der Waals surface area contributed by atoms with Gasteiger partial charge in [-0.2, -0.15) is 0 Å². The van der Waals surface area contributed by atoms with Gasteiger partial charge in [0.2, 0.25) is 0 Å². The third-order valence-corrected chi connectivity index (χ3v) is 3.34. The highest BCUT2D eigenvalue weighted by molar-refractivity contribution is 5.82. The van der Waals surface area contributed by atoms with E-state index in [2.05, 4.69) is 4.98 Å². The van der Waals surface area contributed by atoms with Gasteiger partial charge in [-0.15, -0.1) is 0 Å². The molecule has 3 aromatic heterocycles. The molecule has 0 radical (unpaired) electrons. The Morgan fingerprint density at radius 2 is 2.00 bits per heavy atom. The van der Waals surface area contributed by atoms with E-state index >= 15 is 0 Å². The molecule has 1 aromatic carbocycles. The van der Waals surface area contributed by atoms with Crippen molar-refractivity contribution in [2.75, 3.05) is 7.11 Å². The number of aromatic nitrogens is 2. The zero-order valence-electron chi connectivity index (χ0n) is 10.9. The summed E-state index contributed by atoms with van der Waals surface area (Å²) in [7, 11) is 1.65. The molecule has 0 saturated carbocycles. The number of hydrogen-bond acceptors (Lipinski definition) is 3. The standard InChI is InChI=1S/C16H12N2O2/c1-19-12-6-7-16-17-13(10-18(16)9-12)15-8-11-4-2-3-5-14(11)20-15/h2-10H,1H3. The molecule has 3 heterocycles. The van der Waals surface area contributed by atoms with Gasteiger partial charge in [-0.05, 0) is 24.3 Å². The molecule has 20 heavy (non-hydrogen) atoms. The maximum atomic E-state index is 5.83. The van der Waals surface area contributed by atoms with E-state index in [1.807, 2.05) is 59.3 Å². The van der Waals surface area contributed by atoms with Crippen LogP contribution >= 0.6 is 0 Å². The Bertz CT molecular complexity index is 872. The predicted molar refractivity (Wildman–Crippen MR) is 77.0 cm³/mol. The molecule has 4 aromatic rings. The fourth-order valence-corrected chi connectivity index (χ4v) is 2.32.